The average Bonchev–Trinajstić information content (AvgIpc) is 2.98. The molecular weight excluding hydrogens is 602 g/mol. The van der Waals surface area contributed by atoms with Crippen LogP contribution in [0.25, 0.3) is 6.08 Å². The van der Waals surface area contributed by atoms with Crippen LogP contribution in [-0.2, 0) is 9.59 Å². The van der Waals surface area contributed by atoms with Gasteiger partial charge in [0.2, 0.25) is 5.91 Å². The van der Waals surface area contributed by atoms with Crippen molar-refractivity contribution >= 4 is 62.9 Å². The first kappa shape index (κ1) is 29.6. The van der Waals surface area contributed by atoms with Crippen molar-refractivity contribution in [3.8, 4) is 5.75 Å². The fourth-order valence-corrected chi connectivity index (χ4v) is 5.04. The molecule has 9 heteroatoms. The second-order valence-electron chi connectivity index (χ2n) is 8.86. The van der Waals surface area contributed by atoms with Crippen molar-refractivity contribution in [2.45, 2.75) is 17.1 Å². The van der Waals surface area contributed by atoms with Crippen molar-refractivity contribution in [3.05, 3.63) is 124 Å². The molecular formula is C32H28BrN3O4S. The lowest BCUT2D eigenvalue weighted by atomic mass is 10.1. The van der Waals surface area contributed by atoms with Crippen LogP contribution in [0.1, 0.15) is 22.8 Å². The first-order valence-electron chi connectivity index (χ1n) is 12.7. The van der Waals surface area contributed by atoms with Gasteiger partial charge < -0.3 is 20.7 Å². The number of methoxy groups -OCH3 is 1. The predicted molar refractivity (Wildman–Crippen MR) is 168 cm³/mol. The van der Waals surface area contributed by atoms with E-state index in [1.54, 1.807) is 61.7 Å². The molecule has 4 aromatic rings. The van der Waals surface area contributed by atoms with Crippen molar-refractivity contribution in [2.75, 3.05) is 17.7 Å². The third kappa shape index (κ3) is 8.57. The number of anilines is 2. The normalized spacial score (nSPS) is 11.7. The average molecular weight is 631 g/mol. The molecule has 3 amide bonds. The van der Waals surface area contributed by atoms with Crippen LogP contribution in [-0.4, -0.2) is 30.1 Å². The van der Waals surface area contributed by atoms with Crippen molar-refractivity contribution in [2.24, 2.45) is 0 Å². The molecule has 0 aromatic heterocycles. The Morgan fingerprint density at radius 3 is 2.27 bits per heavy atom. The number of ether oxygens (including phenoxy) is 1. The molecule has 0 saturated carbocycles. The van der Waals surface area contributed by atoms with E-state index in [1.165, 1.54) is 11.8 Å². The van der Waals surface area contributed by atoms with Gasteiger partial charge in [-0.25, -0.2) is 0 Å². The molecule has 0 fully saturated rings. The van der Waals surface area contributed by atoms with Gasteiger partial charge in [-0.3, -0.25) is 14.4 Å². The number of amides is 3. The summed E-state index contributed by atoms with van der Waals surface area (Å²) in [7, 11) is 1.56. The monoisotopic (exact) mass is 629 g/mol. The molecule has 1 unspecified atom stereocenters. The molecule has 0 aliphatic carbocycles. The molecule has 208 valence electrons. The minimum atomic E-state index is -0.473. The van der Waals surface area contributed by atoms with Crippen LogP contribution < -0.4 is 20.7 Å². The van der Waals surface area contributed by atoms with Crippen molar-refractivity contribution in [3.63, 3.8) is 0 Å². The number of hydrogen-bond donors (Lipinski definition) is 3. The summed E-state index contributed by atoms with van der Waals surface area (Å²) in [5, 5.41) is 8.10. The molecule has 0 bridgehead atoms. The highest BCUT2D eigenvalue weighted by Gasteiger charge is 2.18. The lowest BCUT2D eigenvalue weighted by Gasteiger charge is -2.15. The molecule has 0 aliphatic rings. The molecule has 3 N–H and O–H groups in total. The van der Waals surface area contributed by atoms with Gasteiger partial charge in [0.05, 0.1) is 18.0 Å². The molecule has 0 heterocycles. The minimum absolute atomic E-state index is 0.0945. The summed E-state index contributed by atoms with van der Waals surface area (Å²) in [6.45, 7) is 1.82. The fraction of sp³-hybridized carbons (Fsp3) is 0.0938. The van der Waals surface area contributed by atoms with E-state index in [-0.39, 0.29) is 16.9 Å². The van der Waals surface area contributed by atoms with E-state index in [0.29, 0.717) is 22.7 Å². The van der Waals surface area contributed by atoms with Crippen molar-refractivity contribution in [1.29, 1.82) is 0 Å². The maximum atomic E-state index is 13.3. The lowest BCUT2D eigenvalue weighted by Crippen LogP contribution is -2.30. The van der Waals surface area contributed by atoms with Crippen LogP contribution in [0, 0.1) is 0 Å². The largest absolute Gasteiger partial charge is 0.495 e. The van der Waals surface area contributed by atoms with Gasteiger partial charge in [0, 0.05) is 20.6 Å². The van der Waals surface area contributed by atoms with E-state index >= 15 is 0 Å². The molecule has 0 spiro atoms. The van der Waals surface area contributed by atoms with Crippen molar-refractivity contribution < 1.29 is 19.1 Å². The van der Waals surface area contributed by atoms with Crippen LogP contribution in [0.2, 0.25) is 0 Å². The summed E-state index contributed by atoms with van der Waals surface area (Å²) >= 11 is 4.83. The number of nitrogens with one attached hydrogen (secondary N) is 3. The Morgan fingerprint density at radius 2 is 1.56 bits per heavy atom. The van der Waals surface area contributed by atoms with Crippen LogP contribution in [0.15, 0.2) is 118 Å². The van der Waals surface area contributed by atoms with Gasteiger partial charge in [-0.05, 0) is 79.2 Å². The maximum absolute atomic E-state index is 13.3. The molecule has 0 saturated heterocycles. The van der Waals surface area contributed by atoms with Crippen LogP contribution in [0.3, 0.4) is 0 Å². The Balaban J connectivity index is 1.43. The van der Waals surface area contributed by atoms with Gasteiger partial charge in [-0.1, -0.05) is 58.4 Å². The van der Waals surface area contributed by atoms with Gasteiger partial charge in [-0.2, -0.15) is 0 Å². The number of hydrogen-bond acceptors (Lipinski definition) is 5. The van der Waals surface area contributed by atoms with Crippen LogP contribution in [0.4, 0.5) is 11.4 Å². The summed E-state index contributed by atoms with van der Waals surface area (Å²) < 4.78 is 6.15. The van der Waals surface area contributed by atoms with Gasteiger partial charge >= 0.3 is 0 Å². The van der Waals surface area contributed by atoms with E-state index in [2.05, 4.69) is 31.9 Å². The Kier molecular flexibility index (Phi) is 10.4. The van der Waals surface area contributed by atoms with Gasteiger partial charge in [0.15, 0.2) is 0 Å². The summed E-state index contributed by atoms with van der Waals surface area (Å²) in [5.74, 6) is -0.437. The quantitative estimate of drug-likeness (QED) is 0.130. The number of para-hydroxylation sites is 2. The third-order valence-corrected chi connectivity index (χ3v) is 7.45. The second-order valence-corrected chi connectivity index (χ2v) is 11.2. The summed E-state index contributed by atoms with van der Waals surface area (Å²) in [6.07, 6.45) is 1.62. The van der Waals surface area contributed by atoms with Crippen molar-refractivity contribution in [1.82, 2.24) is 5.32 Å². The molecule has 7 nitrogen and oxygen atoms in total. The van der Waals surface area contributed by atoms with Gasteiger partial charge in [-0.15, -0.1) is 11.8 Å². The first-order valence-corrected chi connectivity index (χ1v) is 14.4. The summed E-state index contributed by atoms with van der Waals surface area (Å²) in [6, 6.07) is 30.5. The number of carbonyl (C=O) groups is 3. The van der Waals surface area contributed by atoms with Gasteiger partial charge in [0.1, 0.15) is 11.4 Å². The number of rotatable bonds is 10. The molecule has 0 radical (unpaired) electrons. The smallest absolute Gasteiger partial charge is 0.272 e. The highest BCUT2D eigenvalue weighted by atomic mass is 79.9. The Bertz CT molecular complexity index is 1560. The Hall–Kier alpha value is -4.34. The Morgan fingerprint density at radius 1 is 0.854 bits per heavy atom. The van der Waals surface area contributed by atoms with E-state index in [1.807, 2.05) is 61.5 Å². The predicted octanol–water partition coefficient (Wildman–Crippen LogP) is 6.99. The van der Waals surface area contributed by atoms with Crippen LogP contribution in [0.5, 0.6) is 5.75 Å². The zero-order valence-electron chi connectivity index (χ0n) is 22.4. The second kappa shape index (κ2) is 14.3. The van der Waals surface area contributed by atoms with Crippen LogP contribution >= 0.6 is 27.7 Å². The SMILES string of the molecule is COc1ccccc1NC(=O)C(C)Sc1ccc(NC(=O)/C(=C/c2cccc(Br)c2)NC(=O)c2ccccc2)cc1. The lowest BCUT2D eigenvalue weighted by molar-refractivity contribution is -0.115. The third-order valence-electron chi connectivity index (χ3n) is 5.85. The molecule has 4 aromatic carbocycles. The molecule has 0 aliphatic heterocycles. The zero-order chi connectivity index (χ0) is 29.2. The topological polar surface area (TPSA) is 96.5 Å². The van der Waals surface area contributed by atoms with Gasteiger partial charge in [0.25, 0.3) is 11.8 Å². The standard InChI is InChI=1S/C32H28BrN3O4S/c1-21(30(37)35-27-13-6-7-14-29(27)40-2)41-26-17-15-25(16-18-26)34-32(39)28(20-22-9-8-12-24(33)19-22)36-31(38)23-10-4-3-5-11-23/h3-21H,1-2H3,(H,34,39)(H,35,37)(H,36,38)/b28-20-. The summed E-state index contributed by atoms with van der Waals surface area (Å²) in [4.78, 5) is 39.7. The highest BCUT2D eigenvalue weighted by molar-refractivity contribution is 9.10. The van der Waals surface area contributed by atoms with E-state index in [0.717, 1.165) is 14.9 Å². The number of halogens is 1. The number of benzene rings is 4. The highest BCUT2D eigenvalue weighted by Crippen LogP contribution is 2.28. The minimum Gasteiger partial charge on any atom is -0.495 e. The molecule has 4 rings (SSSR count). The number of thioether (sulfide) groups is 1. The number of carbonyl (C=O) groups excluding carboxylic acids is 3. The first-order chi connectivity index (χ1) is 19.8. The van der Waals surface area contributed by atoms with E-state index < -0.39 is 11.8 Å². The molecule has 1 atom stereocenters. The Labute approximate surface area is 251 Å². The van der Waals surface area contributed by atoms with E-state index in [4.69, 9.17) is 4.74 Å². The fourth-order valence-electron chi connectivity index (χ4n) is 3.76. The zero-order valence-corrected chi connectivity index (χ0v) is 24.8. The van der Waals surface area contributed by atoms with E-state index in [9.17, 15) is 14.4 Å². The molecule has 41 heavy (non-hydrogen) atoms. The summed E-state index contributed by atoms with van der Waals surface area (Å²) in [5.41, 5.74) is 2.42. The maximum Gasteiger partial charge on any atom is 0.272 e.